The monoisotopic (exact) mass is 483 g/mol. The molecule has 3 aromatic heterocycles. The van der Waals surface area contributed by atoms with Gasteiger partial charge in [-0.25, -0.2) is 9.31 Å². The van der Waals surface area contributed by atoms with E-state index in [-0.39, 0.29) is 29.8 Å². The van der Waals surface area contributed by atoms with Gasteiger partial charge in [0.1, 0.15) is 0 Å². The van der Waals surface area contributed by atoms with Gasteiger partial charge in [0.25, 0.3) is 0 Å². The zero-order valence-corrected chi connectivity index (χ0v) is 19.7. The number of amides is 3. The Bertz CT molecular complexity index is 1450. The van der Waals surface area contributed by atoms with Crippen molar-refractivity contribution in [2.75, 3.05) is 17.2 Å². The van der Waals surface area contributed by atoms with E-state index in [0.717, 1.165) is 36.0 Å². The molecule has 0 bridgehead atoms. The van der Waals surface area contributed by atoms with Crippen molar-refractivity contribution >= 4 is 29.2 Å². The summed E-state index contributed by atoms with van der Waals surface area (Å²) in [6.07, 6.45) is 6.10. The summed E-state index contributed by atoms with van der Waals surface area (Å²) in [7, 11) is 0. The second-order valence-corrected chi connectivity index (χ2v) is 9.08. The van der Waals surface area contributed by atoms with Crippen LogP contribution < -0.4 is 10.6 Å². The average molecular weight is 484 g/mol. The lowest BCUT2D eigenvalue weighted by atomic mass is 10.1. The van der Waals surface area contributed by atoms with Crippen LogP contribution in [0.4, 0.5) is 16.4 Å². The van der Waals surface area contributed by atoms with Crippen LogP contribution in [0.15, 0.2) is 60.9 Å². The van der Waals surface area contributed by atoms with Gasteiger partial charge in [-0.15, -0.1) is 5.10 Å². The zero-order chi connectivity index (χ0) is 24.6. The van der Waals surface area contributed by atoms with Gasteiger partial charge >= 0.3 is 6.03 Å². The molecule has 10 nitrogen and oxygen atoms in total. The Morgan fingerprint density at radius 2 is 1.86 bits per heavy atom. The number of pyridine rings is 2. The molecule has 4 aromatic rings. The van der Waals surface area contributed by atoms with Gasteiger partial charge in [0.15, 0.2) is 5.65 Å². The van der Waals surface area contributed by atoms with Crippen LogP contribution in [-0.2, 0) is 9.63 Å². The Morgan fingerprint density at radius 3 is 2.67 bits per heavy atom. The van der Waals surface area contributed by atoms with Crippen molar-refractivity contribution in [3.8, 4) is 11.1 Å². The Balaban J connectivity index is 1.22. The number of fused-ring (bicyclic) bond motifs is 1. The van der Waals surface area contributed by atoms with Gasteiger partial charge in [-0.05, 0) is 49.1 Å². The van der Waals surface area contributed by atoms with Crippen molar-refractivity contribution in [3.63, 3.8) is 0 Å². The molecule has 182 valence electrons. The molecule has 1 aliphatic carbocycles. The fourth-order valence-electron chi connectivity index (χ4n) is 4.31. The molecule has 0 spiro atoms. The van der Waals surface area contributed by atoms with Crippen LogP contribution in [0.3, 0.4) is 0 Å². The molecule has 0 unspecified atom stereocenters. The molecule has 2 N–H and O–H groups in total. The molecule has 4 heterocycles. The summed E-state index contributed by atoms with van der Waals surface area (Å²) in [5.74, 6) is 0.330. The molecule has 2 fully saturated rings. The molecule has 1 saturated heterocycles. The maximum Gasteiger partial charge on any atom is 0.346 e. The number of anilines is 2. The predicted molar refractivity (Wildman–Crippen MR) is 133 cm³/mol. The molecule has 0 radical (unpaired) electrons. The third kappa shape index (κ3) is 4.38. The number of rotatable bonds is 5. The number of hydrogen-bond acceptors (Lipinski definition) is 6. The van der Waals surface area contributed by atoms with E-state index in [4.69, 9.17) is 4.84 Å². The summed E-state index contributed by atoms with van der Waals surface area (Å²) in [4.78, 5) is 39.7. The number of benzene rings is 1. The van der Waals surface area contributed by atoms with Gasteiger partial charge in [0.05, 0.1) is 24.0 Å². The number of nitrogens with zero attached hydrogens (tertiary/aromatic N) is 5. The lowest BCUT2D eigenvalue weighted by molar-refractivity contribution is -0.117. The molecular weight excluding hydrogens is 458 g/mol. The van der Waals surface area contributed by atoms with E-state index < -0.39 is 0 Å². The van der Waals surface area contributed by atoms with Gasteiger partial charge < -0.3 is 5.32 Å². The third-order valence-electron chi connectivity index (χ3n) is 6.47. The maximum absolute atomic E-state index is 13.1. The SMILES string of the molecule is Cc1ncc(-c2ccn3nc(NC(=O)C4CC4)nc3c2)cc1NC(=O)N1OCC[C@H]1c1ccccc1. The number of aryl methyl sites for hydroxylation is 1. The van der Waals surface area contributed by atoms with Crippen molar-refractivity contribution in [2.24, 2.45) is 5.92 Å². The lowest BCUT2D eigenvalue weighted by Crippen LogP contribution is -2.33. The van der Waals surface area contributed by atoms with Crippen molar-refractivity contribution in [2.45, 2.75) is 32.2 Å². The van der Waals surface area contributed by atoms with Crippen LogP contribution >= 0.6 is 0 Å². The van der Waals surface area contributed by atoms with Crippen LogP contribution in [0, 0.1) is 12.8 Å². The van der Waals surface area contributed by atoms with Crippen molar-refractivity contribution in [1.29, 1.82) is 0 Å². The van der Waals surface area contributed by atoms with E-state index in [2.05, 4.69) is 25.7 Å². The molecular formula is C26H25N7O3. The highest BCUT2D eigenvalue weighted by molar-refractivity contribution is 5.93. The van der Waals surface area contributed by atoms with E-state index >= 15 is 0 Å². The number of carbonyl (C=O) groups excluding carboxylic acids is 2. The molecule has 2 aliphatic rings. The molecule has 10 heteroatoms. The number of urea groups is 1. The first kappa shape index (κ1) is 22.2. The molecule has 1 aromatic carbocycles. The quantitative estimate of drug-likeness (QED) is 0.436. The summed E-state index contributed by atoms with van der Waals surface area (Å²) < 4.78 is 1.62. The molecule has 1 aliphatic heterocycles. The summed E-state index contributed by atoms with van der Waals surface area (Å²) in [6, 6.07) is 15.0. The number of hydrogen-bond donors (Lipinski definition) is 2. The first-order valence-electron chi connectivity index (χ1n) is 12.0. The summed E-state index contributed by atoms with van der Waals surface area (Å²) >= 11 is 0. The van der Waals surface area contributed by atoms with Gasteiger partial charge in [-0.2, -0.15) is 10.0 Å². The second kappa shape index (κ2) is 9.04. The first-order chi connectivity index (χ1) is 17.5. The topological polar surface area (TPSA) is 114 Å². The van der Waals surface area contributed by atoms with Crippen molar-refractivity contribution < 1.29 is 14.4 Å². The first-order valence-corrected chi connectivity index (χ1v) is 12.0. The Hall–Kier alpha value is -4.31. The number of nitrogens with one attached hydrogen (secondary N) is 2. The standard InChI is InChI=1S/C26H25N7O3/c1-16-21(28-26(35)33-22(10-12-36-33)17-5-3-2-4-6-17)13-20(15-27-16)19-9-11-32-23(14-19)29-25(31-32)30-24(34)18-7-8-18/h2-6,9,11,13-15,18,22H,7-8,10,12H2,1H3,(H,28,35)(H,30,31,34)/t22-/m0/s1. The molecule has 36 heavy (non-hydrogen) atoms. The minimum atomic E-state index is -0.340. The number of carbonyl (C=O) groups is 2. The van der Waals surface area contributed by atoms with Crippen LogP contribution in [0.25, 0.3) is 16.8 Å². The number of aromatic nitrogens is 4. The molecule has 1 saturated carbocycles. The fraction of sp³-hybridized carbons (Fsp3) is 0.269. The molecule has 6 rings (SSSR count). The second-order valence-electron chi connectivity index (χ2n) is 9.08. The average Bonchev–Trinajstić information content (AvgIpc) is 3.49. The highest BCUT2D eigenvalue weighted by Gasteiger charge is 2.32. The van der Waals surface area contributed by atoms with E-state index in [1.165, 1.54) is 5.06 Å². The summed E-state index contributed by atoms with van der Waals surface area (Å²) in [6.45, 7) is 2.32. The zero-order valence-electron chi connectivity index (χ0n) is 19.7. The fourth-order valence-corrected chi connectivity index (χ4v) is 4.31. The van der Waals surface area contributed by atoms with Gasteiger partial charge in [-0.1, -0.05) is 30.3 Å². The van der Waals surface area contributed by atoms with Crippen LogP contribution in [0.5, 0.6) is 0 Å². The largest absolute Gasteiger partial charge is 0.346 e. The van der Waals surface area contributed by atoms with Crippen molar-refractivity contribution in [1.82, 2.24) is 24.6 Å². The Kier molecular flexibility index (Phi) is 5.57. The smallest absolute Gasteiger partial charge is 0.304 e. The van der Waals surface area contributed by atoms with E-state index in [0.29, 0.717) is 23.6 Å². The highest BCUT2D eigenvalue weighted by atomic mass is 16.7. The van der Waals surface area contributed by atoms with Gasteiger partial charge in [-0.3, -0.25) is 19.9 Å². The van der Waals surface area contributed by atoms with Crippen LogP contribution in [-0.4, -0.2) is 43.2 Å². The van der Waals surface area contributed by atoms with Gasteiger partial charge in [0.2, 0.25) is 11.9 Å². The van der Waals surface area contributed by atoms with Crippen LogP contribution in [0.2, 0.25) is 0 Å². The maximum atomic E-state index is 13.1. The highest BCUT2D eigenvalue weighted by Crippen LogP contribution is 2.32. The normalized spacial score (nSPS) is 17.4. The Morgan fingerprint density at radius 1 is 1.03 bits per heavy atom. The van der Waals surface area contributed by atoms with E-state index in [9.17, 15) is 9.59 Å². The minimum Gasteiger partial charge on any atom is -0.304 e. The summed E-state index contributed by atoms with van der Waals surface area (Å²) in [5.41, 5.74) is 4.59. The van der Waals surface area contributed by atoms with Crippen LogP contribution in [0.1, 0.15) is 36.6 Å². The summed E-state index contributed by atoms with van der Waals surface area (Å²) in [5, 5.41) is 11.5. The van der Waals surface area contributed by atoms with Crippen molar-refractivity contribution in [3.05, 3.63) is 72.2 Å². The Labute approximate surface area is 207 Å². The molecule has 3 amide bonds. The van der Waals surface area contributed by atoms with E-state index in [1.54, 1.807) is 16.9 Å². The van der Waals surface area contributed by atoms with E-state index in [1.807, 2.05) is 55.5 Å². The lowest BCUT2D eigenvalue weighted by Gasteiger charge is -2.23. The minimum absolute atomic E-state index is 0.0364. The predicted octanol–water partition coefficient (Wildman–Crippen LogP) is 4.36. The molecule has 1 atom stereocenters. The van der Waals surface area contributed by atoms with Gasteiger partial charge in [0, 0.05) is 30.3 Å². The third-order valence-corrected chi connectivity index (χ3v) is 6.47. The number of hydroxylamine groups is 2.